The van der Waals surface area contributed by atoms with Gasteiger partial charge in [-0.05, 0) is 49.3 Å². The molecular weight excluding hydrogens is 316 g/mol. The van der Waals surface area contributed by atoms with Gasteiger partial charge in [0.25, 0.3) is 0 Å². The molecule has 25 heavy (non-hydrogen) atoms. The minimum Gasteiger partial charge on any atom is -0.395 e. The van der Waals surface area contributed by atoms with Crippen LogP contribution in [0.15, 0.2) is 24.3 Å². The van der Waals surface area contributed by atoms with Crippen LogP contribution < -0.4 is 5.32 Å². The highest BCUT2D eigenvalue weighted by Gasteiger charge is 2.32. The van der Waals surface area contributed by atoms with Gasteiger partial charge < -0.3 is 20.1 Å². The number of ether oxygens (including phenoxy) is 1. The van der Waals surface area contributed by atoms with Crippen LogP contribution in [0.2, 0.25) is 0 Å². The van der Waals surface area contributed by atoms with Crippen LogP contribution in [-0.4, -0.2) is 41.3 Å². The lowest BCUT2D eigenvalue weighted by atomic mass is 9.89. The summed E-state index contributed by atoms with van der Waals surface area (Å²) in [5.74, 6) is 0.754. The number of nitrogens with zero attached hydrogens (tertiary/aromatic N) is 1. The molecule has 0 aliphatic heterocycles. The van der Waals surface area contributed by atoms with Gasteiger partial charge in [-0.25, -0.2) is 4.79 Å². The number of benzene rings is 1. The lowest BCUT2D eigenvalue weighted by Crippen LogP contribution is -2.38. The molecule has 1 aromatic rings. The van der Waals surface area contributed by atoms with E-state index in [9.17, 15) is 4.79 Å². The van der Waals surface area contributed by atoms with Gasteiger partial charge in [-0.1, -0.05) is 31.9 Å². The molecule has 2 atom stereocenters. The maximum atomic E-state index is 12.4. The first-order chi connectivity index (χ1) is 12.2. The third-order valence-electron chi connectivity index (χ3n) is 5.14. The first-order valence-electron chi connectivity index (χ1n) is 9.54. The number of rotatable bonds is 7. The number of hydrogen-bond acceptors (Lipinski definition) is 3. The average Bonchev–Trinajstić information content (AvgIpc) is 3.43. The first kappa shape index (κ1) is 18.2. The van der Waals surface area contributed by atoms with E-state index >= 15 is 0 Å². The number of aliphatic hydroxyl groups excluding tert-OH is 1. The second-order valence-corrected chi connectivity index (χ2v) is 7.48. The van der Waals surface area contributed by atoms with Crippen LogP contribution in [0.4, 0.5) is 10.5 Å². The Balaban J connectivity index is 1.52. The van der Waals surface area contributed by atoms with Crippen LogP contribution in [0.25, 0.3) is 0 Å². The molecule has 0 spiro atoms. The predicted octanol–water partition coefficient (Wildman–Crippen LogP) is 3.77. The lowest BCUT2D eigenvalue weighted by Gasteiger charge is -2.27. The fraction of sp³-hybridized carbons (Fsp3) is 0.650. The largest absolute Gasteiger partial charge is 0.395 e. The van der Waals surface area contributed by atoms with Crippen molar-refractivity contribution in [3.8, 4) is 0 Å². The molecule has 0 heterocycles. The molecule has 0 aromatic heterocycles. The Morgan fingerprint density at radius 3 is 2.88 bits per heavy atom. The van der Waals surface area contributed by atoms with E-state index in [0.717, 1.165) is 42.9 Å². The zero-order chi connectivity index (χ0) is 17.6. The van der Waals surface area contributed by atoms with Gasteiger partial charge in [0.1, 0.15) is 0 Å². The van der Waals surface area contributed by atoms with Crippen molar-refractivity contribution in [1.82, 2.24) is 4.90 Å². The number of hydrogen-bond donors (Lipinski definition) is 2. The summed E-state index contributed by atoms with van der Waals surface area (Å²) in [6, 6.07) is 8.02. The number of amides is 2. The Kier molecular flexibility index (Phi) is 6.32. The summed E-state index contributed by atoms with van der Waals surface area (Å²) in [6.45, 7) is 3.27. The summed E-state index contributed by atoms with van der Waals surface area (Å²) in [6.07, 6.45) is 7.28. The van der Waals surface area contributed by atoms with Crippen molar-refractivity contribution in [2.24, 2.45) is 5.92 Å². The topological polar surface area (TPSA) is 61.8 Å². The highest BCUT2D eigenvalue weighted by atomic mass is 16.5. The fourth-order valence-corrected chi connectivity index (χ4v) is 3.62. The van der Waals surface area contributed by atoms with Crippen LogP contribution in [0.1, 0.15) is 51.0 Å². The third kappa shape index (κ3) is 5.44. The van der Waals surface area contributed by atoms with Crippen molar-refractivity contribution < 1.29 is 14.6 Å². The minimum atomic E-state index is -0.129. The van der Waals surface area contributed by atoms with E-state index in [-0.39, 0.29) is 18.7 Å². The quantitative estimate of drug-likeness (QED) is 0.790. The van der Waals surface area contributed by atoms with Gasteiger partial charge >= 0.3 is 6.03 Å². The van der Waals surface area contributed by atoms with Crippen LogP contribution in [0.5, 0.6) is 0 Å². The van der Waals surface area contributed by atoms with E-state index in [2.05, 4.69) is 12.2 Å². The number of anilines is 1. The Labute approximate surface area is 150 Å². The second-order valence-electron chi connectivity index (χ2n) is 7.48. The van der Waals surface area contributed by atoms with E-state index < -0.39 is 0 Å². The van der Waals surface area contributed by atoms with Gasteiger partial charge in [-0.2, -0.15) is 0 Å². The third-order valence-corrected chi connectivity index (χ3v) is 5.14. The number of nitrogens with one attached hydrogen (secondary N) is 1. The number of carbonyl (C=O) groups excluding carboxylic acids is 1. The summed E-state index contributed by atoms with van der Waals surface area (Å²) in [5, 5.41) is 12.1. The molecule has 2 fully saturated rings. The molecule has 0 bridgehead atoms. The molecule has 2 saturated carbocycles. The van der Waals surface area contributed by atoms with E-state index in [0.29, 0.717) is 19.3 Å². The summed E-state index contributed by atoms with van der Waals surface area (Å²) in [5.41, 5.74) is 1.86. The number of carbonyl (C=O) groups is 1. The summed E-state index contributed by atoms with van der Waals surface area (Å²) in [4.78, 5) is 14.1. The molecule has 2 aliphatic rings. The molecule has 2 unspecified atom stereocenters. The minimum absolute atomic E-state index is 0.00237. The standard InChI is InChI=1S/C20H30N2O3/c1-15-4-2-7-19(12-15)25-14-16-5-3-6-17(13-16)21-20(24)22(10-11-23)18-8-9-18/h3,5-6,13,15,18-19,23H,2,4,7-12,14H2,1H3,(H,21,24). The van der Waals surface area contributed by atoms with Crippen LogP contribution in [0, 0.1) is 5.92 Å². The normalized spacial score (nSPS) is 23.3. The molecule has 3 rings (SSSR count). The van der Waals surface area contributed by atoms with Gasteiger partial charge in [0, 0.05) is 18.3 Å². The molecule has 0 radical (unpaired) electrons. The van der Waals surface area contributed by atoms with Gasteiger partial charge in [-0.3, -0.25) is 0 Å². The van der Waals surface area contributed by atoms with Crippen molar-refractivity contribution in [1.29, 1.82) is 0 Å². The highest BCUT2D eigenvalue weighted by Crippen LogP contribution is 2.28. The van der Waals surface area contributed by atoms with Crippen molar-refractivity contribution in [3.63, 3.8) is 0 Å². The monoisotopic (exact) mass is 346 g/mol. The molecule has 2 aliphatic carbocycles. The molecule has 1 aromatic carbocycles. The number of aliphatic hydroxyl groups is 1. The second kappa shape index (κ2) is 8.68. The van der Waals surface area contributed by atoms with Gasteiger partial charge in [0.15, 0.2) is 0 Å². The van der Waals surface area contributed by atoms with E-state index in [1.807, 2.05) is 24.3 Å². The molecule has 138 valence electrons. The molecule has 5 heteroatoms. The summed E-state index contributed by atoms with van der Waals surface area (Å²) >= 11 is 0. The van der Waals surface area contributed by atoms with Gasteiger partial charge in [0.2, 0.25) is 0 Å². The molecule has 0 saturated heterocycles. The molecule has 2 N–H and O–H groups in total. The predicted molar refractivity (Wildman–Crippen MR) is 98.5 cm³/mol. The zero-order valence-corrected chi connectivity index (χ0v) is 15.1. The van der Waals surface area contributed by atoms with Crippen molar-refractivity contribution in [2.45, 2.75) is 64.2 Å². The molecular formula is C20H30N2O3. The Morgan fingerprint density at radius 2 is 2.16 bits per heavy atom. The maximum absolute atomic E-state index is 12.4. The Hall–Kier alpha value is -1.59. The Morgan fingerprint density at radius 1 is 1.32 bits per heavy atom. The fourth-order valence-electron chi connectivity index (χ4n) is 3.62. The first-order valence-corrected chi connectivity index (χ1v) is 9.54. The van der Waals surface area contributed by atoms with E-state index in [1.54, 1.807) is 4.90 Å². The zero-order valence-electron chi connectivity index (χ0n) is 15.1. The van der Waals surface area contributed by atoms with E-state index in [1.165, 1.54) is 12.8 Å². The van der Waals surface area contributed by atoms with Gasteiger partial charge in [-0.15, -0.1) is 0 Å². The van der Waals surface area contributed by atoms with Crippen molar-refractivity contribution >= 4 is 11.7 Å². The summed E-state index contributed by atoms with van der Waals surface area (Å²) in [7, 11) is 0. The SMILES string of the molecule is CC1CCCC(OCc2cccc(NC(=O)N(CCO)C3CC3)c2)C1. The lowest BCUT2D eigenvalue weighted by molar-refractivity contribution is 0.00468. The van der Waals surface area contributed by atoms with Crippen LogP contribution in [-0.2, 0) is 11.3 Å². The van der Waals surface area contributed by atoms with Gasteiger partial charge in [0.05, 0.1) is 19.3 Å². The maximum Gasteiger partial charge on any atom is 0.322 e. The van der Waals surface area contributed by atoms with Crippen LogP contribution in [0.3, 0.4) is 0 Å². The van der Waals surface area contributed by atoms with Crippen molar-refractivity contribution in [2.75, 3.05) is 18.5 Å². The smallest absolute Gasteiger partial charge is 0.322 e. The summed E-state index contributed by atoms with van der Waals surface area (Å²) < 4.78 is 6.08. The molecule has 2 amide bonds. The Bertz CT molecular complexity index is 574. The van der Waals surface area contributed by atoms with E-state index in [4.69, 9.17) is 9.84 Å². The average molecular weight is 346 g/mol. The van der Waals surface area contributed by atoms with Crippen LogP contribution >= 0.6 is 0 Å². The highest BCUT2D eigenvalue weighted by molar-refractivity contribution is 5.89. The van der Waals surface area contributed by atoms with Crippen molar-refractivity contribution in [3.05, 3.63) is 29.8 Å². The molecule has 5 nitrogen and oxygen atoms in total. The number of urea groups is 1.